The molecular weight excluding hydrogens is 405 g/mol. The van der Waals surface area contributed by atoms with E-state index in [-0.39, 0.29) is 24.1 Å². The predicted molar refractivity (Wildman–Crippen MR) is 106 cm³/mol. The number of hydrogen-bond acceptors (Lipinski definition) is 8. The molecule has 0 radical (unpaired) electrons. The Morgan fingerprint density at radius 3 is 3.10 bits per heavy atom. The molecule has 31 heavy (non-hydrogen) atoms. The monoisotopic (exact) mass is 425 g/mol. The molecule has 0 aliphatic carbocycles. The molecule has 3 atom stereocenters. The van der Waals surface area contributed by atoms with E-state index in [0.717, 1.165) is 6.20 Å². The fourth-order valence-corrected chi connectivity index (χ4v) is 4.51. The molecule has 3 aliphatic heterocycles. The number of pyridine rings is 1. The van der Waals surface area contributed by atoms with Crippen LogP contribution in [0.3, 0.4) is 0 Å². The van der Waals surface area contributed by atoms with Gasteiger partial charge in [0.05, 0.1) is 31.1 Å². The Bertz CT molecular complexity index is 1180. The van der Waals surface area contributed by atoms with Crippen LogP contribution in [0.1, 0.15) is 28.4 Å². The van der Waals surface area contributed by atoms with Crippen molar-refractivity contribution < 1.29 is 18.8 Å². The van der Waals surface area contributed by atoms with Gasteiger partial charge in [-0.1, -0.05) is 0 Å². The number of carbonyl (C=O) groups excluding carboxylic acids is 1. The number of aromatic nitrogens is 4. The summed E-state index contributed by atoms with van der Waals surface area (Å²) in [6.45, 7) is 1.65. The number of ether oxygens (including phenoxy) is 1. The van der Waals surface area contributed by atoms with Crippen LogP contribution in [0.5, 0.6) is 5.88 Å². The number of rotatable bonds is 0. The average Bonchev–Trinajstić information content (AvgIpc) is 3.46. The van der Waals surface area contributed by atoms with Crippen molar-refractivity contribution in [2.24, 2.45) is 0 Å². The summed E-state index contributed by atoms with van der Waals surface area (Å²) in [5.41, 5.74) is 1.38. The lowest BCUT2D eigenvalue weighted by Crippen LogP contribution is -2.45. The second kappa shape index (κ2) is 6.86. The molecule has 0 spiro atoms. The Morgan fingerprint density at radius 1 is 1.29 bits per heavy atom. The lowest BCUT2D eigenvalue weighted by atomic mass is 10.1. The van der Waals surface area contributed by atoms with Gasteiger partial charge in [-0.15, -0.1) is 0 Å². The molecule has 6 heterocycles. The summed E-state index contributed by atoms with van der Waals surface area (Å²) >= 11 is 0. The number of halogens is 1. The van der Waals surface area contributed by atoms with Crippen molar-refractivity contribution in [2.75, 3.05) is 31.8 Å². The first-order chi connectivity index (χ1) is 15.1. The summed E-state index contributed by atoms with van der Waals surface area (Å²) in [6, 6.07) is 2.58. The number of carbonyl (C=O) groups is 1. The van der Waals surface area contributed by atoms with E-state index in [1.165, 1.54) is 12.3 Å². The van der Waals surface area contributed by atoms with E-state index >= 15 is 0 Å². The lowest BCUT2D eigenvalue weighted by molar-refractivity contribution is 0.0902. The molecule has 1 amide bonds. The average molecular weight is 425 g/mol. The molecule has 3 aliphatic rings. The van der Waals surface area contributed by atoms with Crippen molar-refractivity contribution in [2.45, 2.75) is 24.6 Å². The highest BCUT2D eigenvalue weighted by molar-refractivity contribution is 6.00. The quantitative estimate of drug-likeness (QED) is 0.569. The molecule has 2 bridgehead atoms. The van der Waals surface area contributed by atoms with Crippen molar-refractivity contribution in [1.29, 1.82) is 0 Å². The van der Waals surface area contributed by atoms with Gasteiger partial charge in [-0.2, -0.15) is 5.10 Å². The zero-order valence-corrected chi connectivity index (χ0v) is 16.7. The largest absolute Gasteiger partial charge is 0.470 e. The SMILES string of the molecule is CN1C[C@@H]2Oc3ncc(F)cc3[C@@H]3CCON3c3ccn4ncc(c4n3)C(=O)N[C@@H]2C1. The summed E-state index contributed by atoms with van der Waals surface area (Å²) in [7, 11) is 1.96. The minimum Gasteiger partial charge on any atom is -0.470 e. The number of nitrogens with one attached hydrogen (secondary N) is 1. The number of amides is 1. The highest BCUT2D eigenvalue weighted by atomic mass is 19.1. The maximum Gasteiger partial charge on any atom is 0.257 e. The molecule has 10 nitrogen and oxygen atoms in total. The maximum atomic E-state index is 14.2. The van der Waals surface area contributed by atoms with Gasteiger partial charge in [0, 0.05) is 37.3 Å². The third kappa shape index (κ3) is 3.00. The molecule has 0 aromatic carbocycles. The van der Waals surface area contributed by atoms with Crippen molar-refractivity contribution in [3.05, 3.63) is 47.7 Å². The molecule has 6 rings (SSSR count). The Kier molecular flexibility index (Phi) is 4.08. The number of nitrogens with zero attached hydrogens (tertiary/aromatic N) is 6. The van der Waals surface area contributed by atoms with Crippen LogP contribution in [-0.4, -0.2) is 69.3 Å². The molecular formula is C20H20FN7O3. The molecule has 0 saturated carbocycles. The van der Waals surface area contributed by atoms with Gasteiger partial charge in [0.2, 0.25) is 5.88 Å². The third-order valence-corrected chi connectivity index (χ3v) is 5.96. The van der Waals surface area contributed by atoms with Gasteiger partial charge in [0.1, 0.15) is 17.5 Å². The molecule has 2 saturated heterocycles. The Hall–Kier alpha value is -3.31. The first-order valence-electron chi connectivity index (χ1n) is 10.1. The molecule has 3 aromatic rings. The molecule has 1 N–H and O–H groups in total. The molecule has 11 heteroatoms. The number of hydrogen-bond donors (Lipinski definition) is 1. The van der Waals surface area contributed by atoms with Crippen molar-refractivity contribution in [1.82, 2.24) is 29.8 Å². The minimum atomic E-state index is -0.451. The van der Waals surface area contributed by atoms with Crippen molar-refractivity contribution in [3.8, 4) is 5.88 Å². The number of anilines is 1. The van der Waals surface area contributed by atoms with Gasteiger partial charge < -0.3 is 15.0 Å². The van der Waals surface area contributed by atoms with Crippen LogP contribution in [0.25, 0.3) is 5.65 Å². The van der Waals surface area contributed by atoms with E-state index in [9.17, 15) is 9.18 Å². The summed E-state index contributed by atoms with van der Waals surface area (Å²) in [4.78, 5) is 29.9. The van der Waals surface area contributed by atoms with Crippen LogP contribution >= 0.6 is 0 Å². The first kappa shape index (κ1) is 18.5. The zero-order valence-electron chi connectivity index (χ0n) is 16.7. The van der Waals surface area contributed by atoms with Crippen LogP contribution in [0.15, 0.2) is 30.7 Å². The van der Waals surface area contributed by atoms with Gasteiger partial charge in [0.15, 0.2) is 11.5 Å². The summed E-state index contributed by atoms with van der Waals surface area (Å²) in [5.74, 6) is 0.107. The first-order valence-corrected chi connectivity index (χ1v) is 10.1. The second-order valence-electron chi connectivity index (χ2n) is 8.08. The Morgan fingerprint density at radius 2 is 2.19 bits per heavy atom. The second-order valence-corrected chi connectivity index (χ2v) is 8.08. The standard InChI is InChI=1S/C20H20FN7O3/c1-26-9-14-16(10-26)31-20-12(6-11(21)7-22-20)15-3-5-30-28(15)17-2-4-27-18(25-17)13(8-23-27)19(29)24-14/h2,4,6-8,14-16H,3,5,9-10H2,1H3,(H,24,29)/t14-,15+,16+/m1/s1. The topological polar surface area (TPSA) is 97.1 Å². The Balaban J connectivity index is 1.54. The van der Waals surface area contributed by atoms with Gasteiger partial charge in [-0.25, -0.2) is 23.9 Å². The molecule has 160 valence electrons. The van der Waals surface area contributed by atoms with E-state index < -0.39 is 5.82 Å². The number of likely N-dealkylation sites (tertiary alicyclic amines) is 1. The van der Waals surface area contributed by atoms with Crippen molar-refractivity contribution >= 4 is 17.4 Å². The molecule has 3 aromatic heterocycles. The van der Waals surface area contributed by atoms with E-state index in [1.807, 2.05) is 7.05 Å². The zero-order chi connectivity index (χ0) is 21.1. The predicted octanol–water partition coefficient (Wildman–Crippen LogP) is 0.951. The number of likely N-dealkylation sites (N-methyl/N-ethyl adjacent to an activating group) is 1. The third-order valence-electron chi connectivity index (χ3n) is 5.96. The van der Waals surface area contributed by atoms with E-state index in [0.29, 0.717) is 54.6 Å². The fourth-order valence-electron chi connectivity index (χ4n) is 4.51. The smallest absolute Gasteiger partial charge is 0.257 e. The van der Waals surface area contributed by atoms with E-state index in [1.54, 1.807) is 21.8 Å². The van der Waals surface area contributed by atoms with Gasteiger partial charge in [0.25, 0.3) is 5.91 Å². The van der Waals surface area contributed by atoms with Crippen LogP contribution in [0, 0.1) is 5.82 Å². The lowest BCUT2D eigenvalue weighted by Gasteiger charge is -2.26. The maximum absolute atomic E-state index is 14.2. The Labute approximate surface area is 176 Å². The van der Waals surface area contributed by atoms with E-state index in [2.05, 4.69) is 25.3 Å². The van der Waals surface area contributed by atoms with Crippen molar-refractivity contribution in [3.63, 3.8) is 0 Å². The number of fused-ring (bicyclic) bond motifs is 6. The minimum absolute atomic E-state index is 0.271. The van der Waals surface area contributed by atoms with Gasteiger partial charge in [-0.3, -0.25) is 9.63 Å². The summed E-state index contributed by atoms with van der Waals surface area (Å²) in [6.07, 6.45) is 4.64. The van der Waals surface area contributed by atoms with Gasteiger partial charge >= 0.3 is 0 Å². The van der Waals surface area contributed by atoms with Crippen LogP contribution < -0.4 is 15.1 Å². The van der Waals surface area contributed by atoms with Crippen LogP contribution in [0.4, 0.5) is 10.2 Å². The van der Waals surface area contributed by atoms with E-state index in [4.69, 9.17) is 9.57 Å². The summed E-state index contributed by atoms with van der Waals surface area (Å²) < 4.78 is 22.0. The van der Waals surface area contributed by atoms with Crippen LogP contribution in [0.2, 0.25) is 0 Å². The molecule has 2 fully saturated rings. The fraction of sp³-hybridized carbons (Fsp3) is 0.400. The summed E-state index contributed by atoms with van der Waals surface area (Å²) in [5, 5.41) is 8.93. The molecule has 0 unspecified atom stereocenters. The highest BCUT2D eigenvalue weighted by Crippen LogP contribution is 2.38. The number of hydroxylamine groups is 1. The van der Waals surface area contributed by atoms with Gasteiger partial charge in [-0.05, 0) is 13.1 Å². The highest BCUT2D eigenvalue weighted by Gasteiger charge is 2.38. The normalized spacial score (nSPS) is 25.8. The van der Waals surface area contributed by atoms with Crippen LogP contribution in [-0.2, 0) is 4.84 Å².